The van der Waals surface area contributed by atoms with E-state index in [1.165, 1.54) is 30.0 Å². The van der Waals surface area contributed by atoms with Crippen LogP contribution < -0.4 is 10.9 Å². The smallest absolute Gasteiger partial charge is 0.338 e. The lowest BCUT2D eigenvalue weighted by Gasteiger charge is -2.18. The number of nitrogens with zero attached hydrogens (tertiary/aromatic N) is 2. The summed E-state index contributed by atoms with van der Waals surface area (Å²) in [5.74, 6) is -2.12. The molecule has 0 atom stereocenters. The fourth-order valence-electron chi connectivity index (χ4n) is 3.79. The third-order valence-electron chi connectivity index (χ3n) is 5.31. The molecule has 2 N–H and O–H groups in total. The quantitative estimate of drug-likeness (QED) is 0.372. The number of carbonyl (C=O) groups excluding carboxylic acids is 1. The van der Waals surface area contributed by atoms with E-state index in [-0.39, 0.29) is 33.2 Å². The number of hydrogen-bond donors (Lipinski definition) is 2. The van der Waals surface area contributed by atoms with Crippen LogP contribution in [0.25, 0.3) is 22.0 Å². The summed E-state index contributed by atoms with van der Waals surface area (Å²) in [4.78, 5) is 32.0. The Morgan fingerprint density at radius 3 is 2.69 bits per heavy atom. The summed E-state index contributed by atoms with van der Waals surface area (Å²) in [5, 5.41) is 3.52. The van der Waals surface area contributed by atoms with Crippen molar-refractivity contribution in [3.63, 3.8) is 0 Å². The third kappa shape index (κ3) is 4.91. The Kier molecular flexibility index (Phi) is 6.39. The van der Waals surface area contributed by atoms with Crippen molar-refractivity contribution in [2.45, 2.75) is 5.75 Å². The second kappa shape index (κ2) is 9.16. The number of hydrogen-bond acceptors (Lipinski definition) is 7. The summed E-state index contributed by atoms with van der Waals surface area (Å²) in [5.41, 5.74) is 1.40. The number of aryl methyl sites for hydroxylation is 1. The first-order chi connectivity index (χ1) is 16.5. The molecule has 182 valence electrons. The Morgan fingerprint density at radius 1 is 1.29 bits per heavy atom. The first-order valence-corrected chi connectivity index (χ1v) is 12.6. The predicted molar refractivity (Wildman–Crippen MR) is 131 cm³/mol. The number of aromatic amines is 1. The maximum Gasteiger partial charge on any atom is 0.338 e. The third-order valence-corrected chi connectivity index (χ3v) is 6.35. The van der Waals surface area contributed by atoms with Crippen LogP contribution in [0.2, 0.25) is 5.02 Å². The van der Waals surface area contributed by atoms with Gasteiger partial charge in [-0.2, -0.15) is 0 Å². The number of esters is 1. The van der Waals surface area contributed by atoms with E-state index in [2.05, 4.69) is 15.3 Å². The van der Waals surface area contributed by atoms with Crippen LogP contribution in [-0.4, -0.2) is 42.3 Å². The van der Waals surface area contributed by atoms with Crippen LogP contribution in [0.5, 0.6) is 0 Å². The van der Waals surface area contributed by atoms with Crippen LogP contribution in [0.4, 0.5) is 15.9 Å². The van der Waals surface area contributed by atoms with Crippen LogP contribution in [0.1, 0.15) is 15.9 Å². The van der Waals surface area contributed by atoms with Crippen molar-refractivity contribution in [3.8, 4) is 11.1 Å². The summed E-state index contributed by atoms with van der Waals surface area (Å²) < 4.78 is 45.1. The number of aromatic nitrogens is 3. The Labute approximate surface area is 204 Å². The van der Waals surface area contributed by atoms with Crippen molar-refractivity contribution < 1.29 is 22.3 Å². The molecule has 9 nitrogen and oxygen atoms in total. The van der Waals surface area contributed by atoms with Gasteiger partial charge in [0.1, 0.15) is 5.52 Å². The van der Waals surface area contributed by atoms with Crippen LogP contribution in [0, 0.1) is 5.82 Å². The molecule has 0 aliphatic heterocycles. The Morgan fingerprint density at radius 2 is 2.03 bits per heavy atom. The first kappa shape index (κ1) is 24.4. The second-order valence-corrected chi connectivity index (χ2v) is 10.5. The minimum atomic E-state index is -3.55. The number of rotatable bonds is 6. The van der Waals surface area contributed by atoms with E-state index in [4.69, 9.17) is 16.3 Å². The number of methoxy groups -OCH3 is 1. The average Bonchev–Trinajstić information content (AvgIpc) is 3.27. The topological polar surface area (TPSA) is 123 Å². The van der Waals surface area contributed by atoms with Crippen LogP contribution in [0.15, 0.2) is 47.7 Å². The van der Waals surface area contributed by atoms with Gasteiger partial charge in [-0.15, -0.1) is 0 Å². The van der Waals surface area contributed by atoms with Crippen molar-refractivity contribution in [2.24, 2.45) is 7.05 Å². The van der Waals surface area contributed by atoms with Crippen LogP contribution in [-0.2, 0) is 27.4 Å². The summed E-state index contributed by atoms with van der Waals surface area (Å²) >= 11 is 5.82. The van der Waals surface area contributed by atoms with Gasteiger partial charge in [0.2, 0.25) is 0 Å². The number of H-pyrrole nitrogens is 1. The molecule has 0 unspecified atom stereocenters. The summed E-state index contributed by atoms with van der Waals surface area (Å²) in [6, 6.07) is 5.66. The monoisotopic (exact) mass is 518 g/mol. The second-order valence-electron chi connectivity index (χ2n) is 7.95. The standard InChI is InChI=1S/C23H20ClFN4O5S/c1-29-10-17(14-4-5-26-20(14)22(29)30)16-6-12(11-35(3,32)33)15(23(31)34-2)8-19(16)28-21-18(25)7-13(24)9-27-21/h4-10,26H,11H2,1-3H3,(H,27,28). The SMILES string of the molecule is COC(=O)c1cc(Nc2ncc(Cl)cc2F)c(-c2cn(C)c(=O)c3[nH]ccc23)cc1CS(C)(=O)=O. The minimum Gasteiger partial charge on any atom is -0.465 e. The van der Waals surface area contributed by atoms with Gasteiger partial charge in [0.05, 0.1) is 23.4 Å². The van der Waals surface area contributed by atoms with Gasteiger partial charge in [0.15, 0.2) is 21.5 Å². The highest BCUT2D eigenvalue weighted by Gasteiger charge is 2.22. The molecule has 12 heteroatoms. The predicted octanol–water partition coefficient (Wildman–Crippen LogP) is 3.80. The van der Waals surface area contributed by atoms with E-state index >= 15 is 0 Å². The normalized spacial score (nSPS) is 11.6. The molecule has 1 aromatic carbocycles. The summed E-state index contributed by atoms with van der Waals surface area (Å²) in [6.07, 6.45) is 5.47. The molecule has 35 heavy (non-hydrogen) atoms. The molecule has 4 rings (SSSR count). The van der Waals surface area contributed by atoms with Gasteiger partial charge in [-0.3, -0.25) is 4.79 Å². The first-order valence-electron chi connectivity index (χ1n) is 10.2. The zero-order chi connectivity index (χ0) is 25.5. The molecule has 0 fully saturated rings. The van der Waals surface area contributed by atoms with E-state index in [0.29, 0.717) is 22.0 Å². The number of ether oxygens (including phenoxy) is 1. The van der Waals surface area contributed by atoms with Crippen molar-refractivity contribution in [1.82, 2.24) is 14.5 Å². The van der Waals surface area contributed by atoms with E-state index in [1.54, 1.807) is 25.5 Å². The molecule has 0 radical (unpaired) electrons. The Bertz CT molecular complexity index is 1650. The van der Waals surface area contributed by atoms with Gasteiger partial charge in [-0.1, -0.05) is 11.6 Å². The summed E-state index contributed by atoms with van der Waals surface area (Å²) in [7, 11) is -0.806. The number of nitrogens with one attached hydrogen (secondary N) is 2. The fourth-order valence-corrected chi connectivity index (χ4v) is 4.74. The van der Waals surface area contributed by atoms with Crippen molar-refractivity contribution >= 4 is 49.8 Å². The molecular formula is C23H20ClFN4O5S. The fraction of sp³-hybridized carbons (Fsp3) is 0.174. The molecule has 0 bridgehead atoms. The van der Waals surface area contributed by atoms with Gasteiger partial charge in [-0.05, 0) is 29.8 Å². The van der Waals surface area contributed by atoms with Crippen LogP contribution >= 0.6 is 11.6 Å². The van der Waals surface area contributed by atoms with Gasteiger partial charge in [-0.25, -0.2) is 22.6 Å². The molecule has 0 amide bonds. The van der Waals surface area contributed by atoms with Gasteiger partial charge in [0.25, 0.3) is 5.56 Å². The Balaban J connectivity index is 2.05. The van der Waals surface area contributed by atoms with Crippen molar-refractivity contribution in [3.05, 3.63) is 75.2 Å². The average molecular weight is 519 g/mol. The minimum absolute atomic E-state index is 0.0197. The highest BCUT2D eigenvalue weighted by molar-refractivity contribution is 7.89. The number of fused-ring (bicyclic) bond motifs is 1. The zero-order valence-electron chi connectivity index (χ0n) is 18.8. The molecule has 3 heterocycles. The number of sulfone groups is 1. The van der Waals surface area contributed by atoms with Gasteiger partial charge >= 0.3 is 5.97 Å². The number of benzene rings is 1. The van der Waals surface area contributed by atoms with E-state index in [9.17, 15) is 22.4 Å². The number of halogens is 2. The molecule has 4 aromatic rings. The molecule has 0 aliphatic rings. The molecule has 0 saturated carbocycles. The molecule has 0 aliphatic carbocycles. The van der Waals surface area contributed by atoms with Gasteiger partial charge < -0.3 is 19.6 Å². The number of carbonyl (C=O) groups is 1. The van der Waals surface area contributed by atoms with Crippen molar-refractivity contribution in [1.29, 1.82) is 0 Å². The number of pyridine rings is 2. The molecule has 3 aromatic heterocycles. The summed E-state index contributed by atoms with van der Waals surface area (Å²) in [6.45, 7) is 0. The molecule has 0 saturated heterocycles. The zero-order valence-corrected chi connectivity index (χ0v) is 20.4. The van der Waals surface area contributed by atoms with Crippen LogP contribution in [0.3, 0.4) is 0 Å². The largest absolute Gasteiger partial charge is 0.465 e. The lowest BCUT2D eigenvalue weighted by Crippen LogP contribution is -2.17. The van der Waals surface area contributed by atoms with E-state index in [1.807, 2.05) is 0 Å². The molecular weight excluding hydrogens is 499 g/mol. The Hall–Kier alpha value is -3.70. The van der Waals surface area contributed by atoms with Crippen molar-refractivity contribution in [2.75, 3.05) is 18.7 Å². The molecule has 0 spiro atoms. The van der Waals surface area contributed by atoms with E-state index < -0.39 is 27.4 Å². The number of anilines is 2. The van der Waals surface area contributed by atoms with Gasteiger partial charge in [0, 0.05) is 54.1 Å². The lowest BCUT2D eigenvalue weighted by atomic mass is 9.96. The highest BCUT2D eigenvalue weighted by atomic mass is 35.5. The highest BCUT2D eigenvalue weighted by Crippen LogP contribution is 2.37. The maximum absolute atomic E-state index is 14.6. The maximum atomic E-state index is 14.6. The lowest BCUT2D eigenvalue weighted by molar-refractivity contribution is 0.0600. The van der Waals surface area contributed by atoms with E-state index in [0.717, 1.165) is 12.3 Å².